The summed E-state index contributed by atoms with van der Waals surface area (Å²) in [4.78, 5) is 26.2. The summed E-state index contributed by atoms with van der Waals surface area (Å²) in [6, 6.07) is 18.4. The van der Waals surface area contributed by atoms with E-state index in [1.54, 1.807) is 0 Å². The lowest BCUT2D eigenvalue weighted by Crippen LogP contribution is -2.34. The number of likely N-dealkylation sites (tertiary alicyclic amines) is 1. The Hall–Kier alpha value is -2.82. The van der Waals surface area contributed by atoms with E-state index >= 15 is 0 Å². The fourth-order valence-corrected chi connectivity index (χ4v) is 3.69. The molecule has 5 heteroatoms. The van der Waals surface area contributed by atoms with Gasteiger partial charge in [0, 0.05) is 37.2 Å². The molecule has 1 heterocycles. The SMILES string of the molecule is O=C(NC[C@H]1CC(=O)N(C2CC2)C1)Nc1cccc(Cc2ccccc2)c1. The van der Waals surface area contributed by atoms with Crippen LogP contribution in [0, 0.1) is 5.92 Å². The minimum absolute atomic E-state index is 0.216. The predicted molar refractivity (Wildman–Crippen MR) is 106 cm³/mol. The number of hydrogen-bond donors (Lipinski definition) is 2. The second-order valence-electron chi connectivity index (χ2n) is 7.55. The van der Waals surface area contributed by atoms with Crippen molar-refractivity contribution in [3.63, 3.8) is 0 Å². The Bertz CT molecular complexity index is 817. The Morgan fingerprint density at radius 1 is 1.04 bits per heavy atom. The van der Waals surface area contributed by atoms with Crippen molar-refractivity contribution in [3.05, 3.63) is 65.7 Å². The lowest BCUT2D eigenvalue weighted by Gasteiger charge is -2.16. The molecule has 3 amide bonds. The van der Waals surface area contributed by atoms with Gasteiger partial charge in [0.05, 0.1) is 0 Å². The molecule has 140 valence electrons. The van der Waals surface area contributed by atoms with Crippen molar-refractivity contribution in [1.29, 1.82) is 0 Å². The minimum atomic E-state index is -0.218. The molecule has 27 heavy (non-hydrogen) atoms. The summed E-state index contributed by atoms with van der Waals surface area (Å²) in [6.45, 7) is 1.31. The van der Waals surface area contributed by atoms with Crippen LogP contribution in [-0.2, 0) is 11.2 Å². The molecule has 0 aromatic heterocycles. The van der Waals surface area contributed by atoms with Crippen LogP contribution in [0.15, 0.2) is 54.6 Å². The zero-order valence-electron chi connectivity index (χ0n) is 15.4. The van der Waals surface area contributed by atoms with Crippen molar-refractivity contribution in [2.24, 2.45) is 5.92 Å². The number of carbonyl (C=O) groups is 2. The van der Waals surface area contributed by atoms with Crippen LogP contribution < -0.4 is 10.6 Å². The molecule has 2 fully saturated rings. The van der Waals surface area contributed by atoms with Gasteiger partial charge < -0.3 is 15.5 Å². The van der Waals surface area contributed by atoms with Crippen LogP contribution in [0.25, 0.3) is 0 Å². The largest absolute Gasteiger partial charge is 0.339 e. The van der Waals surface area contributed by atoms with Crippen LogP contribution in [0.4, 0.5) is 10.5 Å². The molecule has 1 atom stereocenters. The molecule has 2 aromatic carbocycles. The highest BCUT2D eigenvalue weighted by atomic mass is 16.2. The van der Waals surface area contributed by atoms with Gasteiger partial charge in [-0.2, -0.15) is 0 Å². The summed E-state index contributed by atoms with van der Waals surface area (Å²) in [5, 5.41) is 5.81. The molecule has 2 N–H and O–H groups in total. The Morgan fingerprint density at radius 2 is 1.81 bits per heavy atom. The van der Waals surface area contributed by atoms with Gasteiger partial charge in [-0.15, -0.1) is 0 Å². The molecule has 1 aliphatic heterocycles. The van der Waals surface area contributed by atoms with Crippen molar-refractivity contribution in [3.8, 4) is 0 Å². The third kappa shape index (κ3) is 4.67. The van der Waals surface area contributed by atoms with Gasteiger partial charge in [0.1, 0.15) is 0 Å². The maximum absolute atomic E-state index is 12.2. The van der Waals surface area contributed by atoms with E-state index in [4.69, 9.17) is 0 Å². The highest BCUT2D eigenvalue weighted by molar-refractivity contribution is 5.89. The van der Waals surface area contributed by atoms with Crippen molar-refractivity contribution >= 4 is 17.6 Å². The number of amides is 3. The van der Waals surface area contributed by atoms with E-state index in [0.29, 0.717) is 19.0 Å². The first-order valence-electron chi connectivity index (χ1n) is 9.64. The standard InChI is InChI=1S/C22H25N3O2/c26-21-13-18(15-25(21)20-9-10-20)14-23-22(27)24-19-8-4-7-17(12-19)11-16-5-2-1-3-6-16/h1-8,12,18,20H,9-11,13-15H2,(H2,23,24,27)/t18-/m1/s1. The summed E-state index contributed by atoms with van der Waals surface area (Å²) in [7, 11) is 0. The molecular weight excluding hydrogens is 338 g/mol. The highest BCUT2D eigenvalue weighted by Crippen LogP contribution is 2.32. The molecule has 0 spiro atoms. The minimum Gasteiger partial charge on any atom is -0.339 e. The summed E-state index contributed by atoms with van der Waals surface area (Å²) in [5.41, 5.74) is 3.17. The van der Waals surface area contributed by atoms with Crippen molar-refractivity contribution in [2.45, 2.75) is 31.7 Å². The Morgan fingerprint density at radius 3 is 2.59 bits per heavy atom. The van der Waals surface area contributed by atoms with Gasteiger partial charge in [0.15, 0.2) is 0 Å². The molecule has 1 aliphatic carbocycles. The van der Waals surface area contributed by atoms with Crippen LogP contribution >= 0.6 is 0 Å². The van der Waals surface area contributed by atoms with Crippen LogP contribution in [0.2, 0.25) is 0 Å². The van der Waals surface area contributed by atoms with Crippen molar-refractivity contribution < 1.29 is 9.59 Å². The van der Waals surface area contributed by atoms with Crippen LogP contribution in [0.3, 0.4) is 0 Å². The molecule has 2 aliphatic rings. The number of benzene rings is 2. The fraction of sp³-hybridized carbons (Fsp3) is 0.364. The van der Waals surface area contributed by atoms with Gasteiger partial charge in [0.25, 0.3) is 0 Å². The topological polar surface area (TPSA) is 61.4 Å². The second-order valence-corrected chi connectivity index (χ2v) is 7.55. The normalized spacial score (nSPS) is 19.2. The zero-order chi connectivity index (χ0) is 18.6. The van der Waals surface area contributed by atoms with Crippen molar-refractivity contribution in [1.82, 2.24) is 10.2 Å². The quantitative estimate of drug-likeness (QED) is 0.826. The summed E-state index contributed by atoms with van der Waals surface area (Å²) >= 11 is 0. The van der Waals surface area contributed by atoms with Crippen molar-refractivity contribution in [2.75, 3.05) is 18.4 Å². The van der Waals surface area contributed by atoms with Gasteiger partial charge in [-0.05, 0) is 42.5 Å². The summed E-state index contributed by atoms with van der Waals surface area (Å²) in [5.74, 6) is 0.451. The predicted octanol–water partition coefficient (Wildman–Crippen LogP) is 3.41. The Balaban J connectivity index is 1.27. The zero-order valence-corrected chi connectivity index (χ0v) is 15.4. The van der Waals surface area contributed by atoms with Crippen LogP contribution in [-0.4, -0.2) is 36.0 Å². The first-order chi connectivity index (χ1) is 13.2. The molecule has 0 radical (unpaired) electrons. The molecule has 4 rings (SSSR count). The van der Waals surface area contributed by atoms with E-state index in [2.05, 4.69) is 28.8 Å². The molecule has 0 bridgehead atoms. The number of rotatable bonds is 6. The van der Waals surface area contributed by atoms with E-state index in [-0.39, 0.29) is 17.9 Å². The number of urea groups is 1. The van der Waals surface area contributed by atoms with E-state index in [1.807, 2.05) is 41.3 Å². The lowest BCUT2D eigenvalue weighted by molar-refractivity contribution is -0.128. The second kappa shape index (κ2) is 7.82. The van der Waals surface area contributed by atoms with Gasteiger partial charge in [0.2, 0.25) is 5.91 Å². The monoisotopic (exact) mass is 363 g/mol. The van der Waals surface area contributed by atoms with E-state index in [9.17, 15) is 9.59 Å². The molecular formula is C22H25N3O2. The number of nitrogens with one attached hydrogen (secondary N) is 2. The molecule has 1 saturated heterocycles. The third-order valence-electron chi connectivity index (χ3n) is 5.21. The first-order valence-corrected chi connectivity index (χ1v) is 9.64. The highest BCUT2D eigenvalue weighted by Gasteiger charge is 2.39. The van der Waals surface area contributed by atoms with Crippen LogP contribution in [0.5, 0.6) is 0 Å². The number of anilines is 1. The maximum atomic E-state index is 12.2. The molecule has 5 nitrogen and oxygen atoms in total. The first kappa shape index (κ1) is 17.6. The lowest BCUT2D eigenvalue weighted by atomic mass is 10.0. The molecule has 2 aromatic rings. The Kier molecular flexibility index (Phi) is 5.10. The average molecular weight is 363 g/mol. The summed E-state index contributed by atoms with van der Waals surface area (Å²) < 4.78 is 0. The summed E-state index contributed by atoms with van der Waals surface area (Å²) in [6.07, 6.45) is 3.64. The third-order valence-corrected chi connectivity index (χ3v) is 5.21. The van der Waals surface area contributed by atoms with Gasteiger partial charge in [-0.3, -0.25) is 4.79 Å². The van der Waals surface area contributed by atoms with Gasteiger partial charge in [-0.1, -0.05) is 42.5 Å². The maximum Gasteiger partial charge on any atom is 0.319 e. The smallest absolute Gasteiger partial charge is 0.319 e. The van der Waals surface area contributed by atoms with E-state index in [1.165, 1.54) is 5.56 Å². The van der Waals surface area contributed by atoms with Crippen LogP contribution in [0.1, 0.15) is 30.4 Å². The fourth-order valence-electron chi connectivity index (χ4n) is 3.69. The van der Waals surface area contributed by atoms with Gasteiger partial charge in [-0.25, -0.2) is 4.79 Å². The number of nitrogens with zero attached hydrogens (tertiary/aromatic N) is 1. The Labute approximate surface area is 159 Å². The number of carbonyl (C=O) groups excluding carboxylic acids is 2. The van der Waals surface area contributed by atoms with E-state index < -0.39 is 0 Å². The van der Waals surface area contributed by atoms with E-state index in [0.717, 1.165) is 37.1 Å². The average Bonchev–Trinajstić information content (AvgIpc) is 3.44. The molecule has 0 unspecified atom stereocenters. The number of hydrogen-bond acceptors (Lipinski definition) is 2. The van der Waals surface area contributed by atoms with Gasteiger partial charge >= 0.3 is 6.03 Å². The molecule has 1 saturated carbocycles.